The van der Waals surface area contributed by atoms with Crippen molar-refractivity contribution in [2.75, 3.05) is 6.79 Å². The minimum Gasteiger partial charge on any atom is -0.438 e. The molecule has 2 aliphatic rings. The molecule has 4 nitrogen and oxygen atoms in total. The number of carbonyl (C=O) groups is 1. The topological polar surface area (TPSA) is 44.8 Å². The molecule has 0 amide bonds. The van der Waals surface area contributed by atoms with Crippen LogP contribution in [0.25, 0.3) is 0 Å². The lowest BCUT2D eigenvalue weighted by atomic mass is 9.72. The molecular formula is C17H30O4. The summed E-state index contributed by atoms with van der Waals surface area (Å²) in [5, 5.41) is 0. The van der Waals surface area contributed by atoms with Gasteiger partial charge in [-0.15, -0.1) is 0 Å². The van der Waals surface area contributed by atoms with Crippen molar-refractivity contribution in [1.82, 2.24) is 0 Å². The molecule has 0 aromatic carbocycles. The molecule has 0 aromatic heterocycles. The first-order valence-electron chi connectivity index (χ1n) is 8.34. The third-order valence-electron chi connectivity index (χ3n) is 5.25. The minimum absolute atomic E-state index is 0.00139. The molecule has 2 atom stereocenters. The molecule has 2 rings (SSSR count). The second kappa shape index (κ2) is 6.66. The lowest BCUT2D eigenvalue weighted by molar-refractivity contribution is -0.225. The fraction of sp³-hybridized carbons (Fsp3) is 0.941. The van der Waals surface area contributed by atoms with E-state index in [1.54, 1.807) is 0 Å². The Morgan fingerprint density at radius 2 is 1.95 bits per heavy atom. The predicted molar refractivity (Wildman–Crippen MR) is 80.6 cm³/mol. The van der Waals surface area contributed by atoms with Gasteiger partial charge in [0.05, 0.1) is 11.5 Å². The van der Waals surface area contributed by atoms with E-state index >= 15 is 0 Å². The van der Waals surface area contributed by atoms with Gasteiger partial charge < -0.3 is 14.2 Å². The van der Waals surface area contributed by atoms with E-state index in [9.17, 15) is 4.79 Å². The lowest BCUT2D eigenvalue weighted by Crippen LogP contribution is -2.36. The van der Waals surface area contributed by atoms with Gasteiger partial charge in [0.2, 0.25) is 0 Å². The molecule has 4 heteroatoms. The highest BCUT2D eigenvalue weighted by Gasteiger charge is 2.48. The molecule has 0 N–H and O–H groups in total. The highest BCUT2D eigenvalue weighted by Crippen LogP contribution is 2.49. The summed E-state index contributed by atoms with van der Waals surface area (Å²) in [6.45, 7) is 7.88. The monoisotopic (exact) mass is 298 g/mol. The van der Waals surface area contributed by atoms with Crippen molar-refractivity contribution in [3.8, 4) is 0 Å². The van der Waals surface area contributed by atoms with Crippen molar-refractivity contribution in [1.29, 1.82) is 0 Å². The van der Waals surface area contributed by atoms with Crippen LogP contribution < -0.4 is 0 Å². The maximum Gasteiger partial charge on any atom is 0.313 e. The van der Waals surface area contributed by atoms with Crippen LogP contribution in [-0.4, -0.2) is 25.2 Å². The van der Waals surface area contributed by atoms with Crippen molar-refractivity contribution >= 4 is 5.97 Å². The molecule has 21 heavy (non-hydrogen) atoms. The van der Waals surface area contributed by atoms with Crippen LogP contribution in [0, 0.1) is 10.8 Å². The molecule has 0 aromatic rings. The fourth-order valence-corrected chi connectivity index (χ4v) is 3.47. The van der Waals surface area contributed by atoms with E-state index in [0.29, 0.717) is 0 Å². The number of hydrogen-bond donors (Lipinski definition) is 0. The van der Waals surface area contributed by atoms with Crippen LogP contribution in [0.2, 0.25) is 0 Å². The number of ether oxygens (including phenoxy) is 3. The summed E-state index contributed by atoms with van der Waals surface area (Å²) >= 11 is 0. The van der Waals surface area contributed by atoms with E-state index in [-0.39, 0.29) is 30.6 Å². The molecule has 0 bridgehead atoms. The Morgan fingerprint density at radius 3 is 2.57 bits per heavy atom. The fourth-order valence-electron chi connectivity index (χ4n) is 3.47. The second-order valence-corrected chi connectivity index (χ2v) is 7.36. The SMILES string of the molecule is CCC(C)(C)C(=O)OCOC1OC(C)CC12CCCCC2. The highest BCUT2D eigenvalue weighted by molar-refractivity contribution is 5.75. The normalized spacial score (nSPS) is 28.8. The van der Waals surface area contributed by atoms with Gasteiger partial charge in [-0.25, -0.2) is 0 Å². The summed E-state index contributed by atoms with van der Waals surface area (Å²) < 4.78 is 17.0. The zero-order valence-corrected chi connectivity index (χ0v) is 13.9. The molecule has 2 unspecified atom stereocenters. The van der Waals surface area contributed by atoms with Crippen LogP contribution in [0.15, 0.2) is 0 Å². The van der Waals surface area contributed by atoms with Crippen LogP contribution in [0.4, 0.5) is 0 Å². The molecule has 1 saturated carbocycles. The standard InChI is InChI=1S/C17H30O4/c1-5-16(3,4)14(18)19-12-20-15-17(11-13(2)21-15)9-7-6-8-10-17/h13,15H,5-12H2,1-4H3. The molecule has 1 aliphatic carbocycles. The van der Waals surface area contributed by atoms with Gasteiger partial charge in [-0.3, -0.25) is 4.79 Å². The summed E-state index contributed by atoms with van der Waals surface area (Å²) in [4.78, 5) is 12.0. The second-order valence-electron chi connectivity index (χ2n) is 7.36. The van der Waals surface area contributed by atoms with E-state index in [0.717, 1.165) is 25.7 Å². The van der Waals surface area contributed by atoms with Gasteiger partial charge in [-0.2, -0.15) is 0 Å². The van der Waals surface area contributed by atoms with Crippen molar-refractivity contribution in [3.05, 3.63) is 0 Å². The average molecular weight is 298 g/mol. The van der Waals surface area contributed by atoms with Crippen LogP contribution in [0.3, 0.4) is 0 Å². The highest BCUT2D eigenvalue weighted by atomic mass is 16.8. The first kappa shape index (κ1) is 16.8. The molecule has 122 valence electrons. The van der Waals surface area contributed by atoms with E-state index in [4.69, 9.17) is 14.2 Å². The Bertz CT molecular complexity index is 358. The van der Waals surface area contributed by atoms with Crippen LogP contribution in [-0.2, 0) is 19.0 Å². The first-order valence-corrected chi connectivity index (χ1v) is 8.34. The Hall–Kier alpha value is -0.610. The summed E-state index contributed by atoms with van der Waals surface area (Å²) in [6, 6.07) is 0. The molecule has 1 spiro atoms. The number of hydrogen-bond acceptors (Lipinski definition) is 4. The molecular weight excluding hydrogens is 268 g/mol. The summed E-state index contributed by atoms with van der Waals surface area (Å²) in [7, 11) is 0. The van der Waals surface area contributed by atoms with Gasteiger partial charge in [0.25, 0.3) is 0 Å². The summed E-state index contributed by atoms with van der Waals surface area (Å²) in [6.07, 6.45) is 7.96. The Balaban J connectivity index is 1.85. The van der Waals surface area contributed by atoms with Crippen molar-refractivity contribution in [3.63, 3.8) is 0 Å². The van der Waals surface area contributed by atoms with Gasteiger partial charge in [0.1, 0.15) is 0 Å². The van der Waals surface area contributed by atoms with E-state index < -0.39 is 5.41 Å². The molecule has 1 heterocycles. The summed E-state index contributed by atoms with van der Waals surface area (Å²) in [5.41, 5.74) is -0.305. The Morgan fingerprint density at radius 1 is 1.29 bits per heavy atom. The largest absolute Gasteiger partial charge is 0.438 e. The Labute approximate surface area is 128 Å². The van der Waals surface area contributed by atoms with Crippen LogP contribution in [0.1, 0.15) is 72.6 Å². The number of esters is 1. The molecule has 1 aliphatic heterocycles. The van der Waals surface area contributed by atoms with Gasteiger partial charge in [-0.1, -0.05) is 26.2 Å². The van der Waals surface area contributed by atoms with Gasteiger partial charge in [-0.05, 0) is 46.5 Å². The first-order chi connectivity index (χ1) is 9.89. The van der Waals surface area contributed by atoms with E-state index in [1.165, 1.54) is 19.3 Å². The number of rotatable bonds is 5. The van der Waals surface area contributed by atoms with Crippen molar-refractivity contribution in [2.24, 2.45) is 10.8 Å². The van der Waals surface area contributed by atoms with Crippen LogP contribution >= 0.6 is 0 Å². The van der Waals surface area contributed by atoms with E-state index in [1.807, 2.05) is 20.8 Å². The van der Waals surface area contributed by atoms with Gasteiger partial charge in [0, 0.05) is 5.41 Å². The molecule has 2 fully saturated rings. The number of carbonyl (C=O) groups excluding carboxylic acids is 1. The third kappa shape index (κ3) is 3.78. The maximum absolute atomic E-state index is 12.0. The Kier molecular flexibility index (Phi) is 5.31. The zero-order chi connectivity index (χ0) is 15.5. The van der Waals surface area contributed by atoms with Crippen molar-refractivity contribution < 1.29 is 19.0 Å². The predicted octanol–water partition coefficient (Wildman–Crippen LogP) is 4.03. The van der Waals surface area contributed by atoms with Gasteiger partial charge >= 0.3 is 5.97 Å². The lowest BCUT2D eigenvalue weighted by Gasteiger charge is -2.36. The summed E-state index contributed by atoms with van der Waals surface area (Å²) in [5.74, 6) is -0.200. The molecule has 1 saturated heterocycles. The zero-order valence-electron chi connectivity index (χ0n) is 13.9. The minimum atomic E-state index is -0.449. The van der Waals surface area contributed by atoms with E-state index in [2.05, 4.69) is 6.92 Å². The van der Waals surface area contributed by atoms with Crippen molar-refractivity contribution in [2.45, 2.75) is 85.0 Å². The van der Waals surface area contributed by atoms with Crippen LogP contribution in [0.5, 0.6) is 0 Å². The molecule has 0 radical (unpaired) electrons. The quantitative estimate of drug-likeness (QED) is 0.568. The maximum atomic E-state index is 12.0. The smallest absolute Gasteiger partial charge is 0.313 e. The third-order valence-corrected chi connectivity index (χ3v) is 5.25. The van der Waals surface area contributed by atoms with Gasteiger partial charge in [0.15, 0.2) is 13.1 Å². The average Bonchev–Trinajstić information content (AvgIpc) is 2.75.